The van der Waals surface area contributed by atoms with Crippen molar-refractivity contribution in [1.29, 1.82) is 0 Å². The molecule has 0 bridgehead atoms. The summed E-state index contributed by atoms with van der Waals surface area (Å²) in [6, 6.07) is 25.7. The molecule has 0 amide bonds. The van der Waals surface area contributed by atoms with Crippen molar-refractivity contribution in [2.45, 2.75) is 12.8 Å². The first kappa shape index (κ1) is 21.5. The van der Waals surface area contributed by atoms with Gasteiger partial charge in [-0.3, -0.25) is 0 Å². The summed E-state index contributed by atoms with van der Waals surface area (Å²) in [5.41, 5.74) is 8.86. The molecule has 0 fully saturated rings. The minimum atomic E-state index is 0.823. The summed E-state index contributed by atoms with van der Waals surface area (Å²) in [5, 5.41) is 0. The number of allylic oxidation sites excluding steroid dienone is 8. The largest absolute Gasteiger partial charge is 0.311 e. The van der Waals surface area contributed by atoms with Crippen molar-refractivity contribution in [1.82, 2.24) is 0 Å². The highest BCUT2D eigenvalue weighted by molar-refractivity contribution is 5.79. The quantitative estimate of drug-likeness (QED) is 0.395. The maximum absolute atomic E-state index is 4.41. The van der Waals surface area contributed by atoms with E-state index in [4.69, 9.17) is 0 Å². The Morgan fingerprint density at radius 3 is 1.85 bits per heavy atom. The fourth-order valence-corrected chi connectivity index (χ4v) is 4.52. The van der Waals surface area contributed by atoms with Crippen LogP contribution in [0.25, 0.3) is 0 Å². The summed E-state index contributed by atoms with van der Waals surface area (Å²) in [6.07, 6.45) is 18.5. The minimum absolute atomic E-state index is 0.823. The maximum Gasteiger partial charge on any atom is 0.0498 e. The summed E-state index contributed by atoms with van der Waals surface area (Å²) in [4.78, 5) is 4.49. The van der Waals surface area contributed by atoms with Gasteiger partial charge in [-0.25, -0.2) is 0 Å². The predicted octanol–water partition coefficient (Wildman–Crippen LogP) is 8.33. The van der Waals surface area contributed by atoms with Crippen LogP contribution in [0.15, 0.2) is 146 Å². The molecule has 2 nitrogen and oxygen atoms in total. The summed E-state index contributed by atoms with van der Waals surface area (Å²) >= 11 is 0. The molecule has 3 aromatic carbocycles. The van der Waals surface area contributed by atoms with Crippen molar-refractivity contribution >= 4 is 22.7 Å². The predicted molar refractivity (Wildman–Crippen MR) is 146 cm³/mol. The van der Waals surface area contributed by atoms with Crippen molar-refractivity contribution in [3.05, 3.63) is 157 Å². The van der Waals surface area contributed by atoms with Gasteiger partial charge in [0, 0.05) is 34.1 Å². The summed E-state index contributed by atoms with van der Waals surface area (Å²) in [5.74, 6) is 0. The molecule has 0 saturated carbocycles. The van der Waals surface area contributed by atoms with Crippen molar-refractivity contribution in [3.8, 4) is 0 Å². The van der Waals surface area contributed by atoms with Crippen LogP contribution in [0, 0.1) is 0 Å². The fourth-order valence-electron chi connectivity index (χ4n) is 4.52. The van der Waals surface area contributed by atoms with E-state index in [2.05, 4.69) is 138 Å². The van der Waals surface area contributed by atoms with E-state index < -0.39 is 0 Å². The molecule has 5 rings (SSSR count). The Morgan fingerprint density at radius 1 is 0.529 bits per heavy atom. The zero-order chi connectivity index (χ0) is 23.3. The SMILES string of the molecule is C=C1/C=C\C=C/Cc2ccccc2N1c1ccc2c(c1)C/C=C\C=C/C(=C)N2c1ccccc1. The van der Waals surface area contributed by atoms with Crippen LogP contribution in [-0.2, 0) is 12.8 Å². The highest BCUT2D eigenvalue weighted by Crippen LogP contribution is 2.39. The molecule has 0 spiro atoms. The van der Waals surface area contributed by atoms with Gasteiger partial charge in [0.25, 0.3) is 0 Å². The van der Waals surface area contributed by atoms with Crippen LogP contribution >= 0.6 is 0 Å². The molecule has 2 heterocycles. The third-order valence-electron chi connectivity index (χ3n) is 6.13. The van der Waals surface area contributed by atoms with Crippen LogP contribution in [0.1, 0.15) is 11.1 Å². The van der Waals surface area contributed by atoms with Gasteiger partial charge < -0.3 is 9.80 Å². The molecule has 0 atom stereocenters. The lowest BCUT2D eigenvalue weighted by Gasteiger charge is -2.31. The van der Waals surface area contributed by atoms with Crippen LogP contribution in [0.2, 0.25) is 0 Å². The number of nitrogens with zero attached hydrogens (tertiary/aromatic N) is 2. The van der Waals surface area contributed by atoms with Crippen molar-refractivity contribution < 1.29 is 0 Å². The van der Waals surface area contributed by atoms with E-state index in [9.17, 15) is 0 Å². The second kappa shape index (κ2) is 9.68. The number of rotatable bonds is 2. The third kappa shape index (κ3) is 4.31. The molecule has 2 heteroatoms. The Morgan fingerprint density at radius 2 is 1.12 bits per heavy atom. The van der Waals surface area contributed by atoms with Gasteiger partial charge in [-0.05, 0) is 72.5 Å². The molecule has 2 aliphatic heterocycles. The third-order valence-corrected chi connectivity index (χ3v) is 6.13. The first-order valence-electron chi connectivity index (χ1n) is 11.6. The van der Waals surface area contributed by atoms with Crippen LogP contribution in [-0.4, -0.2) is 0 Å². The Hall–Kier alpha value is -4.30. The highest BCUT2D eigenvalue weighted by Gasteiger charge is 2.20. The van der Waals surface area contributed by atoms with Crippen molar-refractivity contribution in [2.75, 3.05) is 9.80 Å². The van der Waals surface area contributed by atoms with Crippen LogP contribution in [0.3, 0.4) is 0 Å². The lowest BCUT2D eigenvalue weighted by atomic mass is 10.0. The Balaban J connectivity index is 1.66. The number of hydrogen-bond acceptors (Lipinski definition) is 2. The zero-order valence-corrected chi connectivity index (χ0v) is 19.3. The number of anilines is 4. The smallest absolute Gasteiger partial charge is 0.0498 e. The molecule has 0 aromatic heterocycles. The summed E-state index contributed by atoms with van der Waals surface area (Å²) in [7, 11) is 0. The molecule has 0 N–H and O–H groups in total. The van der Waals surface area contributed by atoms with E-state index >= 15 is 0 Å². The van der Waals surface area contributed by atoms with Gasteiger partial charge in [0.2, 0.25) is 0 Å². The second-order valence-electron chi connectivity index (χ2n) is 8.41. The van der Waals surface area contributed by atoms with E-state index in [0.717, 1.165) is 47.0 Å². The molecule has 0 unspecified atom stereocenters. The number of para-hydroxylation sites is 2. The van der Waals surface area contributed by atoms with Crippen molar-refractivity contribution in [2.24, 2.45) is 0 Å². The molecule has 2 aliphatic rings. The van der Waals surface area contributed by atoms with Crippen molar-refractivity contribution in [3.63, 3.8) is 0 Å². The first-order valence-corrected chi connectivity index (χ1v) is 11.6. The highest BCUT2D eigenvalue weighted by atomic mass is 15.2. The lowest BCUT2D eigenvalue weighted by molar-refractivity contribution is 1.13. The average Bonchev–Trinajstić information content (AvgIpc) is 2.99. The fraction of sp³-hybridized carbons (Fsp3) is 0.0625. The maximum atomic E-state index is 4.41. The molecular weight excluding hydrogens is 412 g/mol. The Bertz CT molecular complexity index is 1340. The number of hydrogen-bond donors (Lipinski definition) is 0. The van der Waals surface area contributed by atoms with E-state index in [-0.39, 0.29) is 0 Å². The monoisotopic (exact) mass is 440 g/mol. The standard InChI is InChI=1S/C32H28N2/c1-25-14-7-4-9-18-28-24-30(22-23-32(28)33(25)29-19-10-5-11-20-29)34-26(2)15-6-3-8-16-27-17-12-13-21-31(27)34/h3-15,17,19-24H,1-2,16,18H2/b8-3-,9-4-,14-7-,15-6-. The summed E-state index contributed by atoms with van der Waals surface area (Å²) in [6.45, 7) is 8.77. The van der Waals surface area contributed by atoms with Crippen LogP contribution < -0.4 is 9.80 Å². The molecule has 0 aliphatic carbocycles. The van der Waals surface area contributed by atoms with Gasteiger partial charge in [-0.2, -0.15) is 0 Å². The van der Waals surface area contributed by atoms with Crippen LogP contribution in [0.5, 0.6) is 0 Å². The van der Waals surface area contributed by atoms with Gasteiger partial charge in [-0.15, -0.1) is 0 Å². The van der Waals surface area contributed by atoms with E-state index in [1.807, 2.05) is 6.07 Å². The number of fused-ring (bicyclic) bond motifs is 2. The average molecular weight is 441 g/mol. The summed E-state index contributed by atoms with van der Waals surface area (Å²) < 4.78 is 0. The first-order chi connectivity index (χ1) is 16.7. The van der Waals surface area contributed by atoms with E-state index in [0.29, 0.717) is 0 Å². The molecular formula is C32H28N2. The molecule has 0 saturated heterocycles. The molecule has 34 heavy (non-hydrogen) atoms. The zero-order valence-electron chi connectivity index (χ0n) is 19.3. The molecule has 0 radical (unpaired) electrons. The topological polar surface area (TPSA) is 6.48 Å². The Labute approximate surface area is 202 Å². The normalized spacial score (nSPS) is 19.3. The van der Waals surface area contributed by atoms with E-state index in [1.165, 1.54) is 11.1 Å². The number of benzene rings is 3. The van der Waals surface area contributed by atoms with E-state index in [1.54, 1.807) is 0 Å². The molecule has 3 aromatic rings. The second-order valence-corrected chi connectivity index (χ2v) is 8.41. The minimum Gasteiger partial charge on any atom is -0.311 e. The van der Waals surface area contributed by atoms with Gasteiger partial charge >= 0.3 is 0 Å². The van der Waals surface area contributed by atoms with Crippen LogP contribution in [0.4, 0.5) is 22.7 Å². The Kier molecular flexibility index (Phi) is 6.13. The van der Waals surface area contributed by atoms with Gasteiger partial charge in [0.1, 0.15) is 0 Å². The van der Waals surface area contributed by atoms with Gasteiger partial charge in [0.15, 0.2) is 0 Å². The lowest BCUT2D eigenvalue weighted by Crippen LogP contribution is -2.18. The molecule has 166 valence electrons. The van der Waals surface area contributed by atoms with Gasteiger partial charge in [0.05, 0.1) is 0 Å². The van der Waals surface area contributed by atoms with Gasteiger partial charge in [-0.1, -0.05) is 86.0 Å².